The number of esters is 1. The average Bonchev–Trinajstić information content (AvgIpc) is 2.88. The Morgan fingerprint density at radius 1 is 1.08 bits per heavy atom. The molecular weight excluding hydrogens is 537 g/mol. The number of alkyl halides is 3. The number of hydrogen-bond donors (Lipinski definition) is 1. The maximum Gasteiger partial charge on any atom is 0.416 e. The second kappa shape index (κ2) is 13.2. The van der Waals surface area contributed by atoms with E-state index in [1.807, 2.05) is 0 Å². The van der Waals surface area contributed by atoms with E-state index in [0.29, 0.717) is 16.3 Å². The molecule has 206 valence electrons. The number of rotatable bonds is 10. The second-order valence-corrected chi connectivity index (χ2v) is 9.06. The summed E-state index contributed by atoms with van der Waals surface area (Å²) in [5.74, 6) is -1.40. The van der Waals surface area contributed by atoms with Crippen LogP contribution in [0.1, 0.15) is 38.2 Å². The predicted molar refractivity (Wildman–Crippen MR) is 139 cm³/mol. The van der Waals surface area contributed by atoms with E-state index >= 15 is 0 Å². The SMILES string of the molecule is COC(=O)C[C@H](C)NC(=O)CCCC(=O)N(c1ccc(C(F)(F)F)cc1)c1nccc(-c2cccc(Cl)c2)n1. The third-order valence-corrected chi connectivity index (χ3v) is 5.80. The van der Waals surface area contributed by atoms with Gasteiger partial charge in [-0.15, -0.1) is 0 Å². The van der Waals surface area contributed by atoms with E-state index in [0.717, 1.165) is 29.2 Å². The van der Waals surface area contributed by atoms with Crippen molar-refractivity contribution in [3.8, 4) is 11.3 Å². The minimum Gasteiger partial charge on any atom is -0.469 e. The van der Waals surface area contributed by atoms with Gasteiger partial charge in [-0.2, -0.15) is 13.2 Å². The molecule has 0 aliphatic carbocycles. The number of amides is 2. The van der Waals surface area contributed by atoms with Crippen LogP contribution in [-0.2, 0) is 25.3 Å². The predicted octanol–water partition coefficient (Wildman–Crippen LogP) is 5.72. The van der Waals surface area contributed by atoms with Gasteiger partial charge in [-0.05, 0) is 55.8 Å². The Balaban J connectivity index is 1.81. The van der Waals surface area contributed by atoms with Crippen molar-refractivity contribution in [3.05, 3.63) is 71.4 Å². The highest BCUT2D eigenvalue weighted by Crippen LogP contribution is 2.32. The quantitative estimate of drug-likeness (QED) is 0.317. The topological polar surface area (TPSA) is 101 Å². The molecule has 1 atom stereocenters. The Kier molecular flexibility index (Phi) is 10.00. The van der Waals surface area contributed by atoms with Gasteiger partial charge in [0.25, 0.3) is 0 Å². The maximum absolute atomic E-state index is 13.3. The minimum atomic E-state index is -4.55. The molecule has 1 N–H and O–H groups in total. The molecule has 0 radical (unpaired) electrons. The summed E-state index contributed by atoms with van der Waals surface area (Å²) < 4.78 is 43.9. The summed E-state index contributed by atoms with van der Waals surface area (Å²) in [6.07, 6.45) is -3.11. The lowest BCUT2D eigenvalue weighted by molar-refractivity contribution is -0.141. The van der Waals surface area contributed by atoms with Crippen molar-refractivity contribution in [2.75, 3.05) is 12.0 Å². The maximum atomic E-state index is 13.3. The van der Waals surface area contributed by atoms with Crippen molar-refractivity contribution < 1.29 is 32.3 Å². The van der Waals surface area contributed by atoms with Crippen LogP contribution in [0.15, 0.2) is 60.8 Å². The molecular formula is C27H26ClF3N4O4. The van der Waals surface area contributed by atoms with Crippen LogP contribution < -0.4 is 10.2 Å². The van der Waals surface area contributed by atoms with Crippen LogP contribution in [0.5, 0.6) is 0 Å². The van der Waals surface area contributed by atoms with Gasteiger partial charge in [-0.25, -0.2) is 14.9 Å². The number of anilines is 2. The van der Waals surface area contributed by atoms with Gasteiger partial charge in [0.2, 0.25) is 17.8 Å². The smallest absolute Gasteiger partial charge is 0.416 e. The molecule has 1 heterocycles. The molecule has 0 aliphatic rings. The number of carbonyl (C=O) groups is 3. The number of nitrogens with one attached hydrogen (secondary N) is 1. The lowest BCUT2D eigenvalue weighted by atomic mass is 10.1. The number of aromatic nitrogens is 2. The largest absolute Gasteiger partial charge is 0.469 e. The van der Waals surface area contributed by atoms with Crippen molar-refractivity contribution in [1.82, 2.24) is 15.3 Å². The van der Waals surface area contributed by atoms with E-state index in [-0.39, 0.29) is 43.2 Å². The van der Waals surface area contributed by atoms with Gasteiger partial charge in [0.05, 0.1) is 30.5 Å². The molecule has 39 heavy (non-hydrogen) atoms. The molecule has 0 unspecified atom stereocenters. The minimum absolute atomic E-state index is 0.00315. The fraction of sp³-hybridized carbons (Fsp3) is 0.296. The van der Waals surface area contributed by atoms with E-state index in [9.17, 15) is 27.6 Å². The summed E-state index contributed by atoms with van der Waals surface area (Å²) in [7, 11) is 1.25. The molecule has 0 saturated carbocycles. The summed E-state index contributed by atoms with van der Waals surface area (Å²) in [6.45, 7) is 1.65. The number of benzene rings is 2. The van der Waals surface area contributed by atoms with Gasteiger partial charge in [-0.3, -0.25) is 14.4 Å². The Hall–Kier alpha value is -3.99. The Morgan fingerprint density at radius 3 is 2.44 bits per heavy atom. The lowest BCUT2D eigenvalue weighted by Gasteiger charge is -2.22. The van der Waals surface area contributed by atoms with Crippen LogP contribution in [0.3, 0.4) is 0 Å². The Bertz CT molecular complexity index is 1320. The first-order chi connectivity index (χ1) is 18.5. The highest BCUT2D eigenvalue weighted by Gasteiger charge is 2.31. The van der Waals surface area contributed by atoms with E-state index in [2.05, 4.69) is 20.0 Å². The zero-order valence-corrected chi connectivity index (χ0v) is 21.9. The second-order valence-electron chi connectivity index (χ2n) is 8.63. The highest BCUT2D eigenvalue weighted by molar-refractivity contribution is 6.30. The summed E-state index contributed by atoms with van der Waals surface area (Å²) in [6, 6.07) is 12.1. The molecule has 0 bridgehead atoms. The number of ether oxygens (including phenoxy) is 1. The Morgan fingerprint density at radius 2 is 1.79 bits per heavy atom. The fourth-order valence-electron chi connectivity index (χ4n) is 3.68. The van der Waals surface area contributed by atoms with E-state index < -0.39 is 29.7 Å². The summed E-state index contributed by atoms with van der Waals surface area (Å²) in [5.41, 5.74) is 0.368. The summed E-state index contributed by atoms with van der Waals surface area (Å²) >= 11 is 6.09. The average molecular weight is 563 g/mol. The van der Waals surface area contributed by atoms with Crippen LogP contribution in [-0.4, -0.2) is 40.9 Å². The molecule has 3 rings (SSSR count). The number of carbonyl (C=O) groups excluding carboxylic acids is 3. The number of methoxy groups -OCH3 is 1. The van der Waals surface area contributed by atoms with Crippen molar-refractivity contribution >= 4 is 41.0 Å². The zero-order chi connectivity index (χ0) is 28.6. The van der Waals surface area contributed by atoms with Gasteiger partial charge in [-0.1, -0.05) is 23.7 Å². The lowest BCUT2D eigenvalue weighted by Crippen LogP contribution is -2.34. The van der Waals surface area contributed by atoms with Gasteiger partial charge >= 0.3 is 12.1 Å². The van der Waals surface area contributed by atoms with Crippen LogP contribution in [0.4, 0.5) is 24.8 Å². The molecule has 0 spiro atoms. The first-order valence-electron chi connectivity index (χ1n) is 11.9. The first-order valence-corrected chi connectivity index (χ1v) is 12.3. The first kappa shape index (κ1) is 29.6. The van der Waals surface area contributed by atoms with E-state index in [4.69, 9.17) is 11.6 Å². The van der Waals surface area contributed by atoms with Crippen molar-refractivity contribution in [2.24, 2.45) is 0 Å². The number of halogens is 4. The molecule has 2 aromatic carbocycles. The van der Waals surface area contributed by atoms with Gasteiger partial charge < -0.3 is 10.1 Å². The van der Waals surface area contributed by atoms with Crippen molar-refractivity contribution in [2.45, 2.75) is 44.8 Å². The van der Waals surface area contributed by atoms with Crippen LogP contribution in [0.2, 0.25) is 5.02 Å². The third kappa shape index (κ3) is 8.51. The van der Waals surface area contributed by atoms with Crippen molar-refractivity contribution in [3.63, 3.8) is 0 Å². The summed E-state index contributed by atoms with van der Waals surface area (Å²) in [4.78, 5) is 46.7. The van der Waals surface area contributed by atoms with Gasteiger partial charge in [0.15, 0.2) is 0 Å². The molecule has 0 aliphatic heterocycles. The van der Waals surface area contributed by atoms with E-state index in [1.165, 1.54) is 13.3 Å². The fourth-order valence-corrected chi connectivity index (χ4v) is 3.87. The molecule has 0 saturated heterocycles. The standard InChI is InChI=1S/C27H26ClF3N4O4/c1-17(15-25(38)39-2)33-23(36)7-4-8-24(37)35(21-11-9-19(10-12-21)27(29,30)31)26-32-14-13-22(34-26)18-5-3-6-20(28)16-18/h3,5-6,9-14,16-17H,4,7-8,15H2,1-2H3,(H,33,36)/t17-/m0/s1. The van der Waals surface area contributed by atoms with Gasteiger partial charge in [0.1, 0.15) is 0 Å². The molecule has 1 aromatic heterocycles. The summed E-state index contributed by atoms with van der Waals surface area (Å²) in [5, 5.41) is 3.13. The molecule has 0 fully saturated rings. The monoisotopic (exact) mass is 562 g/mol. The van der Waals surface area contributed by atoms with E-state index in [1.54, 1.807) is 37.3 Å². The number of hydrogen-bond acceptors (Lipinski definition) is 6. The molecule has 2 amide bonds. The van der Waals surface area contributed by atoms with Crippen molar-refractivity contribution in [1.29, 1.82) is 0 Å². The normalized spacial score (nSPS) is 11.9. The zero-order valence-electron chi connectivity index (χ0n) is 21.2. The highest BCUT2D eigenvalue weighted by atomic mass is 35.5. The number of nitrogens with zero attached hydrogens (tertiary/aromatic N) is 3. The van der Waals surface area contributed by atoms with Crippen LogP contribution in [0.25, 0.3) is 11.3 Å². The molecule has 8 nitrogen and oxygen atoms in total. The molecule has 12 heteroatoms. The van der Waals surface area contributed by atoms with Gasteiger partial charge in [0, 0.05) is 35.7 Å². The Labute approximate surface area is 228 Å². The third-order valence-electron chi connectivity index (χ3n) is 5.57. The van der Waals surface area contributed by atoms with Crippen LogP contribution >= 0.6 is 11.6 Å². The molecule has 3 aromatic rings. The van der Waals surface area contributed by atoms with Crippen LogP contribution in [0, 0.1) is 0 Å².